The second kappa shape index (κ2) is 7.10. The number of hydrogen-bond donors (Lipinski definition) is 0. The molecule has 0 saturated heterocycles. The van der Waals surface area contributed by atoms with Gasteiger partial charge in [0.25, 0.3) is 0 Å². The Morgan fingerprint density at radius 1 is 0.667 bits per heavy atom. The van der Waals surface area contributed by atoms with Crippen LogP contribution in [0.2, 0.25) is 0 Å². The van der Waals surface area contributed by atoms with Gasteiger partial charge >= 0.3 is 12.4 Å². The van der Waals surface area contributed by atoms with E-state index in [9.17, 15) is 43.5 Å². The summed E-state index contributed by atoms with van der Waals surface area (Å²) in [6, 6.07) is 3.37. The summed E-state index contributed by atoms with van der Waals surface area (Å²) in [5.41, 5.74) is -1.57. The van der Waals surface area contributed by atoms with Gasteiger partial charge in [-0.1, -0.05) is 12.1 Å². The molecule has 148 valence electrons. The largest absolute Gasteiger partial charge is 0.393 e. The van der Waals surface area contributed by atoms with Gasteiger partial charge in [-0.15, -0.1) is 0 Å². The van der Waals surface area contributed by atoms with Gasteiger partial charge in [0.1, 0.15) is 11.6 Å². The zero-order valence-corrected chi connectivity index (χ0v) is 13.9. The van der Waals surface area contributed by atoms with Gasteiger partial charge in [0.15, 0.2) is 0 Å². The van der Waals surface area contributed by atoms with E-state index < -0.39 is 67.6 Å². The Morgan fingerprint density at radius 2 is 1.00 bits per heavy atom. The highest BCUT2D eigenvalue weighted by Crippen LogP contribution is 2.29. The molecule has 11 heteroatoms. The Kier molecular flexibility index (Phi) is 5.56. The molecule has 0 aliphatic carbocycles. The molecule has 0 bridgehead atoms. The van der Waals surface area contributed by atoms with Crippen LogP contribution in [-0.2, 0) is 22.7 Å². The van der Waals surface area contributed by atoms with Crippen molar-refractivity contribution in [3.63, 3.8) is 0 Å². The lowest BCUT2D eigenvalue weighted by atomic mass is 10.1. The van der Waals surface area contributed by atoms with Crippen molar-refractivity contribution in [3.8, 4) is 0 Å². The highest BCUT2D eigenvalue weighted by atomic mass is 32.2. The fourth-order valence-electron chi connectivity index (χ4n) is 2.25. The van der Waals surface area contributed by atoms with Crippen LogP contribution in [0.3, 0.4) is 0 Å². The number of halogens is 8. The maximum atomic E-state index is 13.8. The van der Waals surface area contributed by atoms with Crippen molar-refractivity contribution in [1.29, 1.82) is 0 Å². The van der Waals surface area contributed by atoms with Gasteiger partial charge in [-0.2, -0.15) is 26.3 Å². The van der Waals surface area contributed by atoms with Crippen LogP contribution < -0.4 is 0 Å². The molecule has 0 radical (unpaired) electrons. The molecule has 0 unspecified atom stereocenters. The fraction of sp³-hybridized carbons (Fsp3) is 0.250. The van der Waals surface area contributed by atoms with E-state index in [2.05, 4.69) is 0 Å². The van der Waals surface area contributed by atoms with Crippen molar-refractivity contribution in [1.82, 2.24) is 0 Å². The maximum absolute atomic E-state index is 13.8. The van der Waals surface area contributed by atoms with Crippen LogP contribution in [0.1, 0.15) is 11.1 Å². The van der Waals surface area contributed by atoms with Gasteiger partial charge in [0.05, 0.1) is 22.6 Å². The first kappa shape index (κ1) is 21.1. The van der Waals surface area contributed by atoms with E-state index in [1.165, 1.54) is 0 Å². The molecule has 0 N–H and O–H groups in total. The van der Waals surface area contributed by atoms with E-state index in [1.807, 2.05) is 0 Å². The Bertz CT molecular complexity index is 874. The van der Waals surface area contributed by atoms with E-state index in [1.54, 1.807) is 0 Å². The third-order valence-electron chi connectivity index (χ3n) is 3.45. The molecule has 2 aromatic carbocycles. The third-order valence-corrected chi connectivity index (χ3v) is 5.20. The number of rotatable bonds is 4. The Hall–Kier alpha value is -2.17. The van der Waals surface area contributed by atoms with Crippen LogP contribution in [0.5, 0.6) is 0 Å². The number of sulfone groups is 1. The van der Waals surface area contributed by atoms with Gasteiger partial charge in [-0.25, -0.2) is 17.2 Å². The Labute approximate surface area is 148 Å². The summed E-state index contributed by atoms with van der Waals surface area (Å²) in [6.07, 6.45) is -12.6. The molecule has 0 amide bonds. The molecule has 2 nitrogen and oxygen atoms in total. The minimum atomic E-state index is -4.71. The van der Waals surface area contributed by atoms with Crippen molar-refractivity contribution in [3.05, 3.63) is 59.2 Å². The van der Waals surface area contributed by atoms with Crippen LogP contribution in [-0.4, -0.2) is 20.8 Å². The second-order valence-corrected chi connectivity index (χ2v) is 7.54. The van der Waals surface area contributed by atoms with Gasteiger partial charge in [0.2, 0.25) is 9.84 Å². The highest BCUT2D eigenvalue weighted by molar-refractivity contribution is 7.91. The zero-order valence-electron chi connectivity index (χ0n) is 13.1. The van der Waals surface area contributed by atoms with E-state index in [0.717, 1.165) is 0 Å². The predicted octanol–water partition coefficient (Wildman–Crippen LogP) is 5.01. The molecule has 0 aliphatic heterocycles. The molecular formula is C16H10F8O2S. The van der Waals surface area contributed by atoms with Crippen LogP contribution in [0.25, 0.3) is 0 Å². The van der Waals surface area contributed by atoms with Crippen LogP contribution in [0.4, 0.5) is 35.1 Å². The molecule has 0 spiro atoms. The minimum absolute atomic E-state index is 0.345. The zero-order chi connectivity index (χ0) is 20.6. The van der Waals surface area contributed by atoms with Gasteiger partial charge in [-0.05, 0) is 35.4 Å². The van der Waals surface area contributed by atoms with Crippen molar-refractivity contribution >= 4 is 9.84 Å². The van der Waals surface area contributed by atoms with Gasteiger partial charge < -0.3 is 0 Å². The van der Waals surface area contributed by atoms with Crippen molar-refractivity contribution in [2.75, 3.05) is 0 Å². The number of alkyl halides is 6. The standard InChI is InChI=1S/C16H10F8O2S/c17-13-5-11(3-1-9(13)7-15(19,20)21)27(25,26)12-4-2-10(14(18)6-12)8-16(22,23)24/h1-6H,7-8H2. The van der Waals surface area contributed by atoms with Crippen LogP contribution in [0, 0.1) is 11.6 Å². The molecule has 0 atom stereocenters. The molecule has 0 aromatic heterocycles. The minimum Gasteiger partial charge on any atom is -0.219 e. The molecule has 27 heavy (non-hydrogen) atoms. The van der Waals surface area contributed by atoms with Crippen LogP contribution >= 0.6 is 0 Å². The van der Waals surface area contributed by atoms with Crippen molar-refractivity contribution in [2.24, 2.45) is 0 Å². The summed E-state index contributed by atoms with van der Waals surface area (Å²) in [4.78, 5) is -1.51. The van der Waals surface area contributed by atoms with Gasteiger partial charge in [0, 0.05) is 0 Å². The smallest absolute Gasteiger partial charge is 0.219 e. The molecule has 0 saturated carbocycles. The monoisotopic (exact) mass is 418 g/mol. The molecule has 0 fully saturated rings. The molecule has 0 heterocycles. The van der Waals surface area contributed by atoms with Crippen molar-refractivity contribution < 1.29 is 43.5 Å². The topological polar surface area (TPSA) is 34.1 Å². The average molecular weight is 418 g/mol. The SMILES string of the molecule is O=S(=O)(c1ccc(CC(F)(F)F)c(F)c1)c1ccc(CC(F)(F)F)c(F)c1. The molecular weight excluding hydrogens is 408 g/mol. The van der Waals surface area contributed by atoms with E-state index >= 15 is 0 Å². The highest BCUT2D eigenvalue weighted by Gasteiger charge is 2.31. The lowest BCUT2D eigenvalue weighted by Crippen LogP contribution is -2.14. The van der Waals surface area contributed by atoms with Crippen molar-refractivity contribution in [2.45, 2.75) is 35.0 Å². The molecule has 2 rings (SSSR count). The Balaban J connectivity index is 2.39. The first-order valence-electron chi connectivity index (χ1n) is 7.14. The summed E-state index contributed by atoms with van der Waals surface area (Å²) in [6.45, 7) is 0. The van der Waals surface area contributed by atoms with E-state index in [4.69, 9.17) is 0 Å². The number of hydrogen-bond acceptors (Lipinski definition) is 2. The number of benzene rings is 2. The summed E-state index contributed by atoms with van der Waals surface area (Å²) < 4.78 is 126. The summed E-state index contributed by atoms with van der Waals surface area (Å²) in [5.74, 6) is -2.86. The average Bonchev–Trinajstić information content (AvgIpc) is 2.48. The van der Waals surface area contributed by atoms with Crippen LogP contribution in [0.15, 0.2) is 46.2 Å². The van der Waals surface area contributed by atoms with Gasteiger partial charge in [-0.3, -0.25) is 0 Å². The maximum Gasteiger partial charge on any atom is 0.393 e. The fourth-order valence-corrected chi connectivity index (χ4v) is 3.53. The molecule has 2 aromatic rings. The second-order valence-electron chi connectivity index (χ2n) is 5.59. The summed E-state index contributed by atoms with van der Waals surface area (Å²) in [7, 11) is -4.55. The molecule has 0 aliphatic rings. The normalized spacial score (nSPS) is 13.0. The lowest BCUT2D eigenvalue weighted by molar-refractivity contribution is -0.128. The van der Waals surface area contributed by atoms with E-state index in [0.29, 0.717) is 36.4 Å². The summed E-state index contributed by atoms with van der Waals surface area (Å²) in [5, 5.41) is 0. The first-order chi connectivity index (χ1) is 12.2. The van der Waals surface area contributed by atoms with E-state index in [-0.39, 0.29) is 0 Å². The first-order valence-corrected chi connectivity index (χ1v) is 8.63. The quantitative estimate of drug-likeness (QED) is 0.655. The third kappa shape index (κ3) is 5.41. The lowest BCUT2D eigenvalue weighted by Gasteiger charge is -2.11. The summed E-state index contributed by atoms with van der Waals surface area (Å²) >= 11 is 0. The Morgan fingerprint density at radius 3 is 1.26 bits per heavy atom. The predicted molar refractivity (Wildman–Crippen MR) is 77.8 cm³/mol.